The predicted octanol–water partition coefficient (Wildman–Crippen LogP) is 1.67. The van der Waals surface area contributed by atoms with Crippen molar-refractivity contribution in [3.63, 3.8) is 0 Å². The molecule has 2 aromatic rings. The number of rotatable bonds is 7. The summed E-state index contributed by atoms with van der Waals surface area (Å²) in [5, 5.41) is 8.08. The molecule has 0 aliphatic heterocycles. The third kappa shape index (κ3) is 3.29. The van der Waals surface area contributed by atoms with Crippen LogP contribution >= 0.6 is 0 Å². The van der Waals surface area contributed by atoms with E-state index in [1.165, 1.54) is 7.11 Å². The van der Waals surface area contributed by atoms with E-state index in [0.29, 0.717) is 12.2 Å². The molecule has 7 nitrogen and oxygen atoms in total. The number of imidazole rings is 1. The lowest BCUT2D eigenvalue weighted by atomic mass is 10.2. The summed E-state index contributed by atoms with van der Waals surface area (Å²) in [7, 11) is 1.35. The minimum Gasteiger partial charge on any atom is -0.464 e. The number of aromatic nitrogens is 5. The molecule has 0 aliphatic rings. The number of ether oxygens (including phenoxy) is 1. The maximum absolute atomic E-state index is 11.7. The van der Waals surface area contributed by atoms with Gasteiger partial charge in [0.2, 0.25) is 0 Å². The fraction of sp³-hybridized carbons (Fsp3) is 0.571. The molecule has 0 unspecified atom stereocenters. The van der Waals surface area contributed by atoms with Gasteiger partial charge < -0.3 is 9.30 Å². The van der Waals surface area contributed by atoms with E-state index in [1.807, 2.05) is 12.5 Å². The van der Waals surface area contributed by atoms with Crippen molar-refractivity contribution in [3.05, 3.63) is 29.6 Å². The molecule has 2 rings (SSSR count). The monoisotopic (exact) mass is 291 g/mol. The van der Waals surface area contributed by atoms with Gasteiger partial charge in [-0.05, 0) is 12.8 Å². The van der Waals surface area contributed by atoms with Crippen LogP contribution < -0.4 is 0 Å². The van der Waals surface area contributed by atoms with Crippen molar-refractivity contribution in [2.75, 3.05) is 7.11 Å². The highest BCUT2D eigenvalue weighted by molar-refractivity contribution is 5.88. The van der Waals surface area contributed by atoms with Crippen LogP contribution in [0.25, 0.3) is 0 Å². The number of hydrogen-bond acceptors (Lipinski definition) is 5. The van der Waals surface area contributed by atoms with Gasteiger partial charge in [-0.2, -0.15) is 0 Å². The Hall–Kier alpha value is -2.18. The molecule has 0 aromatic carbocycles. The van der Waals surface area contributed by atoms with Crippen LogP contribution in [-0.4, -0.2) is 37.6 Å². The Morgan fingerprint density at radius 1 is 1.33 bits per heavy atom. The number of methoxy groups -OCH3 is 1. The van der Waals surface area contributed by atoms with Crippen molar-refractivity contribution in [2.45, 2.75) is 46.2 Å². The Kier molecular flexibility index (Phi) is 5.08. The number of hydrogen-bond donors (Lipinski definition) is 0. The summed E-state index contributed by atoms with van der Waals surface area (Å²) in [4.78, 5) is 15.9. The average molecular weight is 291 g/mol. The molecule has 114 valence electrons. The zero-order valence-corrected chi connectivity index (χ0v) is 12.7. The van der Waals surface area contributed by atoms with Gasteiger partial charge in [0.05, 0.1) is 37.6 Å². The van der Waals surface area contributed by atoms with Gasteiger partial charge >= 0.3 is 5.97 Å². The minimum atomic E-state index is -0.438. The summed E-state index contributed by atoms with van der Waals surface area (Å²) in [6.45, 7) is 5.65. The van der Waals surface area contributed by atoms with Gasteiger partial charge in [0.1, 0.15) is 0 Å². The lowest BCUT2D eigenvalue weighted by molar-refractivity contribution is 0.0592. The molecule has 0 amide bonds. The van der Waals surface area contributed by atoms with Crippen LogP contribution in [0.2, 0.25) is 0 Å². The van der Waals surface area contributed by atoms with Crippen LogP contribution in [0.15, 0.2) is 12.5 Å². The molecule has 7 heteroatoms. The fourth-order valence-electron chi connectivity index (χ4n) is 2.27. The zero-order chi connectivity index (χ0) is 15.2. The Bertz CT molecular complexity index is 602. The Balaban J connectivity index is 2.29. The quantitative estimate of drug-likeness (QED) is 0.725. The number of carbonyl (C=O) groups excluding carboxylic acids is 1. The highest BCUT2D eigenvalue weighted by atomic mass is 16.5. The highest BCUT2D eigenvalue weighted by Gasteiger charge is 2.20. The largest absolute Gasteiger partial charge is 0.464 e. The molecule has 21 heavy (non-hydrogen) atoms. The van der Waals surface area contributed by atoms with Crippen LogP contribution in [-0.2, 0) is 24.2 Å². The topological polar surface area (TPSA) is 74.8 Å². The summed E-state index contributed by atoms with van der Waals surface area (Å²) >= 11 is 0. The molecule has 0 spiro atoms. The molecule has 2 aromatic heterocycles. The highest BCUT2D eigenvalue weighted by Crippen LogP contribution is 2.12. The van der Waals surface area contributed by atoms with E-state index in [9.17, 15) is 4.79 Å². The smallest absolute Gasteiger partial charge is 0.360 e. The van der Waals surface area contributed by atoms with E-state index in [2.05, 4.69) is 33.7 Å². The Labute approximate surface area is 123 Å². The van der Waals surface area contributed by atoms with E-state index in [4.69, 9.17) is 4.74 Å². The summed E-state index contributed by atoms with van der Waals surface area (Å²) in [6, 6.07) is 0. The zero-order valence-electron chi connectivity index (χ0n) is 12.7. The predicted molar refractivity (Wildman–Crippen MR) is 77.0 cm³/mol. The van der Waals surface area contributed by atoms with E-state index in [1.54, 1.807) is 4.68 Å². The lowest BCUT2D eigenvalue weighted by Crippen LogP contribution is -2.13. The average Bonchev–Trinajstić information content (AvgIpc) is 3.08. The third-order valence-electron chi connectivity index (χ3n) is 3.28. The molecule has 0 radical (unpaired) electrons. The standard InChI is InChI=1S/C14H21N5O2/c1-4-6-12-13(14(20)21-3)16-17-19(12)9-11-8-15-10-18(11)7-5-2/h8,10H,4-7,9H2,1-3H3. The first-order valence-corrected chi connectivity index (χ1v) is 7.20. The molecule has 0 fully saturated rings. The molecule has 0 saturated carbocycles. The van der Waals surface area contributed by atoms with Gasteiger partial charge in [-0.25, -0.2) is 14.5 Å². The molecule has 2 heterocycles. The molecular weight excluding hydrogens is 270 g/mol. The molecule has 0 atom stereocenters. The van der Waals surface area contributed by atoms with Crippen LogP contribution in [0.5, 0.6) is 0 Å². The van der Waals surface area contributed by atoms with Crippen molar-refractivity contribution < 1.29 is 9.53 Å². The normalized spacial score (nSPS) is 10.8. The summed E-state index contributed by atoms with van der Waals surface area (Å²) in [5.41, 5.74) is 2.17. The molecule has 0 saturated heterocycles. The summed E-state index contributed by atoms with van der Waals surface area (Å²) in [6.07, 6.45) is 6.32. The third-order valence-corrected chi connectivity index (χ3v) is 3.28. The second-order valence-corrected chi connectivity index (χ2v) is 4.86. The van der Waals surface area contributed by atoms with Gasteiger partial charge in [-0.1, -0.05) is 25.5 Å². The SMILES string of the molecule is CCCc1c(C(=O)OC)nnn1Cc1cncn1CCC. The fourth-order valence-corrected chi connectivity index (χ4v) is 2.27. The van der Waals surface area contributed by atoms with Gasteiger partial charge in [-0.3, -0.25) is 0 Å². The van der Waals surface area contributed by atoms with Gasteiger partial charge in [0.25, 0.3) is 0 Å². The summed E-state index contributed by atoms with van der Waals surface area (Å²) in [5.74, 6) is -0.438. The van der Waals surface area contributed by atoms with E-state index in [-0.39, 0.29) is 0 Å². The number of aryl methyl sites for hydroxylation is 1. The Morgan fingerprint density at radius 3 is 2.81 bits per heavy atom. The van der Waals surface area contributed by atoms with Gasteiger partial charge in [-0.15, -0.1) is 5.10 Å². The maximum atomic E-state index is 11.7. The van der Waals surface area contributed by atoms with Crippen molar-refractivity contribution in [1.29, 1.82) is 0 Å². The van der Waals surface area contributed by atoms with Crippen LogP contribution in [0.3, 0.4) is 0 Å². The van der Waals surface area contributed by atoms with Crippen LogP contribution in [0, 0.1) is 0 Å². The second kappa shape index (κ2) is 7.01. The number of nitrogens with zero attached hydrogens (tertiary/aromatic N) is 5. The molecule has 0 aliphatic carbocycles. The first-order valence-electron chi connectivity index (χ1n) is 7.20. The molecule has 0 bridgehead atoms. The number of carbonyl (C=O) groups is 1. The maximum Gasteiger partial charge on any atom is 0.360 e. The summed E-state index contributed by atoms with van der Waals surface area (Å²) < 4.78 is 8.62. The van der Waals surface area contributed by atoms with E-state index in [0.717, 1.165) is 37.2 Å². The van der Waals surface area contributed by atoms with Gasteiger partial charge in [0.15, 0.2) is 5.69 Å². The van der Waals surface area contributed by atoms with Gasteiger partial charge in [0, 0.05) is 6.54 Å². The lowest BCUT2D eigenvalue weighted by Gasteiger charge is -2.09. The molecular formula is C14H21N5O2. The number of esters is 1. The Morgan fingerprint density at radius 2 is 2.14 bits per heavy atom. The van der Waals surface area contributed by atoms with Crippen molar-refractivity contribution >= 4 is 5.97 Å². The van der Waals surface area contributed by atoms with Crippen molar-refractivity contribution in [2.24, 2.45) is 0 Å². The van der Waals surface area contributed by atoms with E-state index >= 15 is 0 Å². The first-order chi connectivity index (χ1) is 10.2. The first kappa shape index (κ1) is 15.2. The van der Waals surface area contributed by atoms with Crippen LogP contribution in [0.1, 0.15) is 48.6 Å². The van der Waals surface area contributed by atoms with Crippen LogP contribution in [0.4, 0.5) is 0 Å². The minimum absolute atomic E-state index is 0.306. The van der Waals surface area contributed by atoms with Crippen molar-refractivity contribution in [1.82, 2.24) is 24.5 Å². The van der Waals surface area contributed by atoms with Crippen molar-refractivity contribution in [3.8, 4) is 0 Å². The molecule has 0 N–H and O–H groups in total. The van der Waals surface area contributed by atoms with E-state index < -0.39 is 5.97 Å². The second-order valence-electron chi connectivity index (χ2n) is 4.86.